The van der Waals surface area contributed by atoms with E-state index < -0.39 is 23.5 Å². The van der Waals surface area contributed by atoms with E-state index in [4.69, 9.17) is 4.74 Å². The van der Waals surface area contributed by atoms with Crippen LogP contribution in [-0.2, 0) is 9.53 Å². The zero-order valence-corrected chi connectivity index (χ0v) is 11.3. The SMILES string of the molecule is O=C(N1CCOCC1c1ncn[nH]1)C(F)(F)C1(O)CCC1. The van der Waals surface area contributed by atoms with Gasteiger partial charge < -0.3 is 14.7 Å². The van der Waals surface area contributed by atoms with Crippen molar-refractivity contribution in [3.8, 4) is 0 Å². The molecule has 0 aromatic carbocycles. The van der Waals surface area contributed by atoms with Gasteiger partial charge in [0.15, 0.2) is 0 Å². The molecule has 1 aromatic heterocycles. The van der Waals surface area contributed by atoms with Gasteiger partial charge in [-0.05, 0) is 19.3 Å². The van der Waals surface area contributed by atoms with Crippen LogP contribution < -0.4 is 0 Å². The highest BCUT2D eigenvalue weighted by atomic mass is 19.3. The summed E-state index contributed by atoms with van der Waals surface area (Å²) in [4.78, 5) is 17.2. The Morgan fingerprint density at radius 3 is 2.90 bits per heavy atom. The first-order valence-electron chi connectivity index (χ1n) is 6.80. The largest absolute Gasteiger partial charge is 0.383 e. The monoisotopic (exact) mass is 302 g/mol. The number of hydrogen-bond acceptors (Lipinski definition) is 5. The quantitative estimate of drug-likeness (QED) is 0.835. The van der Waals surface area contributed by atoms with E-state index in [9.17, 15) is 18.7 Å². The van der Waals surface area contributed by atoms with Gasteiger partial charge in [0, 0.05) is 6.54 Å². The lowest BCUT2D eigenvalue weighted by atomic mass is 9.75. The third-order valence-corrected chi connectivity index (χ3v) is 4.17. The number of aromatic amines is 1. The summed E-state index contributed by atoms with van der Waals surface area (Å²) in [5.74, 6) is -4.89. The molecular formula is C12H16F2N4O3. The van der Waals surface area contributed by atoms with Crippen LogP contribution in [0.3, 0.4) is 0 Å². The van der Waals surface area contributed by atoms with Crippen LogP contribution in [0.2, 0.25) is 0 Å². The standard InChI is InChI=1S/C12H16F2N4O3/c13-12(14,11(20)2-1-3-11)10(19)18-4-5-21-6-8(18)9-15-7-16-17-9/h7-8,20H,1-6H2,(H,15,16,17). The number of carbonyl (C=O) groups is 1. The number of carbonyl (C=O) groups excluding carboxylic acids is 1. The molecule has 1 aromatic rings. The molecule has 2 fully saturated rings. The van der Waals surface area contributed by atoms with Gasteiger partial charge in [0.05, 0.1) is 13.2 Å². The Morgan fingerprint density at radius 1 is 1.57 bits per heavy atom. The van der Waals surface area contributed by atoms with Gasteiger partial charge in [-0.1, -0.05) is 0 Å². The fourth-order valence-corrected chi connectivity index (χ4v) is 2.65. The second kappa shape index (κ2) is 4.99. The molecule has 9 heteroatoms. The van der Waals surface area contributed by atoms with Gasteiger partial charge in [0.2, 0.25) is 0 Å². The zero-order valence-electron chi connectivity index (χ0n) is 11.3. The van der Waals surface area contributed by atoms with Crippen LogP contribution in [0.1, 0.15) is 31.1 Å². The summed E-state index contributed by atoms with van der Waals surface area (Å²) in [5, 5.41) is 16.1. The van der Waals surface area contributed by atoms with E-state index in [2.05, 4.69) is 15.2 Å². The molecule has 3 rings (SSSR count). The molecule has 1 amide bonds. The van der Waals surface area contributed by atoms with Crippen molar-refractivity contribution in [2.45, 2.75) is 36.8 Å². The number of alkyl halides is 2. The van der Waals surface area contributed by atoms with E-state index in [1.165, 1.54) is 6.33 Å². The molecule has 1 atom stereocenters. The van der Waals surface area contributed by atoms with Crippen molar-refractivity contribution in [3.63, 3.8) is 0 Å². The lowest BCUT2D eigenvalue weighted by molar-refractivity contribution is -0.227. The van der Waals surface area contributed by atoms with Gasteiger partial charge in [-0.3, -0.25) is 9.89 Å². The number of rotatable bonds is 3. The molecule has 2 aliphatic rings. The molecule has 0 radical (unpaired) electrons. The molecule has 7 nitrogen and oxygen atoms in total. The Hall–Kier alpha value is -1.61. The molecule has 1 saturated carbocycles. The van der Waals surface area contributed by atoms with Crippen LogP contribution in [0.4, 0.5) is 8.78 Å². The number of nitrogens with zero attached hydrogens (tertiary/aromatic N) is 3. The van der Waals surface area contributed by atoms with E-state index in [0.717, 1.165) is 4.90 Å². The number of aromatic nitrogens is 3. The predicted octanol–water partition coefficient (Wildman–Crippen LogP) is 0.255. The molecule has 2 N–H and O–H groups in total. The molecule has 2 heterocycles. The normalized spacial score (nSPS) is 25.5. The van der Waals surface area contributed by atoms with Crippen LogP contribution in [-0.4, -0.2) is 62.4 Å². The Balaban J connectivity index is 1.84. The van der Waals surface area contributed by atoms with Crippen molar-refractivity contribution in [2.24, 2.45) is 0 Å². The summed E-state index contributed by atoms with van der Waals surface area (Å²) in [7, 11) is 0. The van der Waals surface area contributed by atoms with Crippen molar-refractivity contribution in [1.29, 1.82) is 0 Å². The molecule has 0 spiro atoms. The van der Waals surface area contributed by atoms with Crippen molar-refractivity contribution in [3.05, 3.63) is 12.2 Å². The first-order chi connectivity index (χ1) is 9.96. The number of hydrogen-bond donors (Lipinski definition) is 2. The average molecular weight is 302 g/mol. The molecule has 116 valence electrons. The molecule has 1 saturated heterocycles. The highest BCUT2D eigenvalue weighted by Crippen LogP contribution is 2.45. The number of halogens is 2. The summed E-state index contributed by atoms with van der Waals surface area (Å²) < 4.78 is 33.9. The topological polar surface area (TPSA) is 91.3 Å². The Morgan fingerprint density at radius 2 is 2.33 bits per heavy atom. The third kappa shape index (κ3) is 2.20. The van der Waals surface area contributed by atoms with Gasteiger partial charge in [-0.15, -0.1) is 0 Å². The van der Waals surface area contributed by atoms with Gasteiger partial charge in [-0.25, -0.2) is 4.98 Å². The highest BCUT2D eigenvalue weighted by Gasteiger charge is 2.63. The highest BCUT2D eigenvalue weighted by molar-refractivity contribution is 5.85. The molecular weight excluding hydrogens is 286 g/mol. The number of aliphatic hydroxyl groups is 1. The van der Waals surface area contributed by atoms with E-state index in [1.807, 2.05) is 0 Å². The van der Waals surface area contributed by atoms with E-state index in [-0.39, 0.29) is 32.6 Å². The van der Waals surface area contributed by atoms with Gasteiger partial charge in [-0.2, -0.15) is 13.9 Å². The smallest absolute Gasteiger partial charge is 0.352 e. The predicted molar refractivity (Wildman–Crippen MR) is 65.4 cm³/mol. The molecule has 1 aliphatic heterocycles. The van der Waals surface area contributed by atoms with Crippen LogP contribution in [0.15, 0.2) is 6.33 Å². The number of amides is 1. The first-order valence-corrected chi connectivity index (χ1v) is 6.80. The van der Waals surface area contributed by atoms with E-state index >= 15 is 0 Å². The molecule has 1 unspecified atom stereocenters. The van der Waals surface area contributed by atoms with Crippen molar-refractivity contribution < 1.29 is 23.4 Å². The van der Waals surface area contributed by atoms with Crippen molar-refractivity contribution >= 4 is 5.91 Å². The molecule has 21 heavy (non-hydrogen) atoms. The Bertz CT molecular complexity index is 519. The minimum absolute atomic E-state index is 0.0237. The number of nitrogens with one attached hydrogen (secondary N) is 1. The Labute approximate surface area is 119 Å². The maximum atomic E-state index is 14.3. The minimum atomic E-state index is -3.80. The third-order valence-electron chi connectivity index (χ3n) is 4.17. The summed E-state index contributed by atoms with van der Waals surface area (Å²) >= 11 is 0. The van der Waals surface area contributed by atoms with Crippen LogP contribution in [0.25, 0.3) is 0 Å². The number of ether oxygens (including phenoxy) is 1. The first kappa shape index (κ1) is 14.3. The van der Waals surface area contributed by atoms with Crippen molar-refractivity contribution in [1.82, 2.24) is 20.1 Å². The second-order valence-corrected chi connectivity index (χ2v) is 5.42. The maximum absolute atomic E-state index is 14.3. The number of morpholine rings is 1. The van der Waals surface area contributed by atoms with Crippen LogP contribution in [0, 0.1) is 0 Å². The summed E-state index contributed by atoms with van der Waals surface area (Å²) in [6.07, 6.45) is 1.60. The van der Waals surface area contributed by atoms with E-state index in [0.29, 0.717) is 12.2 Å². The summed E-state index contributed by atoms with van der Waals surface area (Å²) in [6, 6.07) is -0.747. The van der Waals surface area contributed by atoms with Gasteiger partial charge >= 0.3 is 5.92 Å². The lowest BCUT2D eigenvalue weighted by Gasteiger charge is -2.45. The van der Waals surface area contributed by atoms with Crippen LogP contribution in [0.5, 0.6) is 0 Å². The van der Waals surface area contributed by atoms with Crippen LogP contribution >= 0.6 is 0 Å². The fraction of sp³-hybridized carbons (Fsp3) is 0.750. The van der Waals surface area contributed by atoms with Gasteiger partial charge in [0.25, 0.3) is 5.91 Å². The number of H-pyrrole nitrogens is 1. The molecule has 0 bridgehead atoms. The fourth-order valence-electron chi connectivity index (χ4n) is 2.65. The lowest BCUT2D eigenvalue weighted by Crippen LogP contribution is -2.62. The van der Waals surface area contributed by atoms with Crippen molar-refractivity contribution in [2.75, 3.05) is 19.8 Å². The Kier molecular flexibility index (Phi) is 3.40. The summed E-state index contributed by atoms with van der Waals surface area (Å²) in [5.41, 5.74) is -2.23. The van der Waals surface area contributed by atoms with E-state index in [1.54, 1.807) is 0 Å². The zero-order chi connectivity index (χ0) is 15.1. The maximum Gasteiger partial charge on any atom is 0.352 e. The second-order valence-electron chi connectivity index (χ2n) is 5.42. The minimum Gasteiger partial charge on any atom is -0.383 e. The molecule has 1 aliphatic carbocycles. The average Bonchev–Trinajstić information content (AvgIpc) is 2.97. The summed E-state index contributed by atoms with van der Waals surface area (Å²) in [6.45, 7) is 0.260. The van der Waals surface area contributed by atoms with Gasteiger partial charge in [0.1, 0.15) is 23.8 Å².